The van der Waals surface area contributed by atoms with Gasteiger partial charge in [-0.2, -0.15) is 8.78 Å². The van der Waals surface area contributed by atoms with Crippen molar-refractivity contribution in [2.75, 3.05) is 13.2 Å². The highest BCUT2D eigenvalue weighted by Crippen LogP contribution is 2.52. The number of halogens is 7. The van der Waals surface area contributed by atoms with Gasteiger partial charge in [-0.1, -0.05) is 13.3 Å². The maximum atomic E-state index is 14.3. The highest BCUT2D eigenvalue weighted by molar-refractivity contribution is 5.31. The number of fused-ring (bicyclic) bond motifs is 2. The van der Waals surface area contributed by atoms with Crippen LogP contribution in [0.2, 0.25) is 0 Å². The third-order valence-electron chi connectivity index (χ3n) is 6.44. The first-order chi connectivity index (χ1) is 14.9. The Hall–Kier alpha value is -1.43. The van der Waals surface area contributed by atoms with E-state index in [0.717, 1.165) is 12.8 Å². The summed E-state index contributed by atoms with van der Waals surface area (Å²) in [5, 5.41) is 0. The van der Waals surface area contributed by atoms with Crippen LogP contribution in [-0.4, -0.2) is 31.2 Å². The molecule has 2 aliphatic heterocycles. The fourth-order valence-corrected chi connectivity index (χ4v) is 5.02. The maximum Gasteiger partial charge on any atom is 0.527 e. The first-order valence-corrected chi connectivity index (χ1v) is 10.5. The van der Waals surface area contributed by atoms with Crippen molar-refractivity contribution in [1.82, 2.24) is 0 Å². The second-order valence-electron chi connectivity index (χ2n) is 8.69. The van der Waals surface area contributed by atoms with Crippen LogP contribution in [0.25, 0.3) is 0 Å². The van der Waals surface area contributed by atoms with Crippen molar-refractivity contribution >= 4 is 0 Å². The number of hydrogen-bond acceptors (Lipinski definition) is 4. The summed E-state index contributed by atoms with van der Waals surface area (Å²) < 4.78 is 113. The van der Waals surface area contributed by atoms with Gasteiger partial charge in [-0.15, -0.1) is 13.2 Å². The average molecular weight is 472 g/mol. The van der Waals surface area contributed by atoms with Gasteiger partial charge in [-0.05, 0) is 55.7 Å². The average Bonchev–Trinajstić information content (AvgIpc) is 3.23. The zero-order chi connectivity index (χ0) is 23.4. The largest absolute Gasteiger partial charge is 0.527 e. The standard InChI is InChI=1S/C21H23F7O4/c1-2-7-18-10-29-20(31-18,30-11-18)14-5-3-12(4-6-14)13-8-15(22)17(16(23)9-13)19(24,25)32-21(26,27)28/h8-9,12,14H,2-7,10-11H2,1H3. The summed E-state index contributed by atoms with van der Waals surface area (Å²) >= 11 is 0. The number of alkyl halides is 5. The molecule has 0 spiro atoms. The van der Waals surface area contributed by atoms with E-state index in [2.05, 4.69) is 4.74 Å². The third kappa shape index (κ3) is 4.36. The molecule has 0 amide bonds. The lowest BCUT2D eigenvalue weighted by Crippen LogP contribution is -2.42. The molecule has 1 aromatic carbocycles. The van der Waals surface area contributed by atoms with E-state index in [4.69, 9.17) is 14.2 Å². The smallest absolute Gasteiger partial charge is 0.324 e. The van der Waals surface area contributed by atoms with E-state index in [9.17, 15) is 30.7 Å². The summed E-state index contributed by atoms with van der Waals surface area (Å²) in [7, 11) is 0. The quantitative estimate of drug-likeness (QED) is 0.470. The molecule has 1 aromatic rings. The molecular formula is C21H23F7O4. The van der Waals surface area contributed by atoms with Gasteiger partial charge < -0.3 is 14.2 Å². The predicted octanol–water partition coefficient (Wildman–Crippen LogP) is 6.09. The second kappa shape index (κ2) is 8.11. The monoisotopic (exact) mass is 472 g/mol. The van der Waals surface area contributed by atoms with Crippen molar-refractivity contribution in [2.45, 2.75) is 75.4 Å². The molecule has 0 aromatic heterocycles. The summed E-state index contributed by atoms with van der Waals surface area (Å²) in [6, 6.07) is 1.30. The van der Waals surface area contributed by atoms with Crippen LogP contribution in [0.4, 0.5) is 30.7 Å². The SMILES string of the molecule is CCCC12COC(C3CCC(c4cc(F)c(C(F)(F)OC(F)(F)F)c(F)c4)CC3)(OC1)O2. The molecule has 2 bridgehead atoms. The van der Waals surface area contributed by atoms with Crippen LogP contribution in [0, 0.1) is 17.6 Å². The molecule has 2 saturated heterocycles. The van der Waals surface area contributed by atoms with Crippen LogP contribution < -0.4 is 0 Å². The number of rotatable bonds is 6. The Morgan fingerprint density at radius 1 is 0.969 bits per heavy atom. The van der Waals surface area contributed by atoms with Crippen molar-refractivity contribution in [1.29, 1.82) is 0 Å². The molecule has 180 valence electrons. The number of hydrogen-bond donors (Lipinski definition) is 0. The Morgan fingerprint density at radius 2 is 1.53 bits per heavy atom. The van der Waals surface area contributed by atoms with E-state index in [-0.39, 0.29) is 17.4 Å². The molecular weight excluding hydrogens is 449 g/mol. The van der Waals surface area contributed by atoms with Crippen molar-refractivity contribution in [2.24, 2.45) is 5.92 Å². The molecule has 4 nitrogen and oxygen atoms in total. The lowest BCUT2D eigenvalue weighted by atomic mass is 9.77. The molecule has 11 heteroatoms. The van der Waals surface area contributed by atoms with Crippen LogP contribution >= 0.6 is 0 Å². The summed E-state index contributed by atoms with van der Waals surface area (Å²) in [6.45, 7) is 2.91. The van der Waals surface area contributed by atoms with E-state index in [1.54, 1.807) is 0 Å². The third-order valence-corrected chi connectivity index (χ3v) is 6.44. The summed E-state index contributed by atoms with van der Waals surface area (Å²) in [5.74, 6) is -5.17. The highest BCUT2D eigenvalue weighted by atomic mass is 19.4. The van der Waals surface area contributed by atoms with Crippen molar-refractivity contribution < 1.29 is 49.7 Å². The molecule has 4 rings (SSSR count). The molecule has 0 atom stereocenters. The Labute approximate surface area is 180 Å². The molecule has 3 aliphatic rings. The van der Waals surface area contributed by atoms with Gasteiger partial charge in [0, 0.05) is 5.92 Å². The Kier molecular flexibility index (Phi) is 6.01. The Morgan fingerprint density at radius 3 is 2.03 bits per heavy atom. The summed E-state index contributed by atoms with van der Waals surface area (Å²) in [6.07, 6.45) is -7.23. The number of ether oxygens (including phenoxy) is 4. The lowest BCUT2D eigenvalue weighted by Gasteiger charge is -2.37. The van der Waals surface area contributed by atoms with Crippen LogP contribution in [0.1, 0.15) is 62.5 Å². The van der Waals surface area contributed by atoms with Crippen molar-refractivity contribution in [3.63, 3.8) is 0 Å². The van der Waals surface area contributed by atoms with E-state index in [1.165, 1.54) is 0 Å². The highest BCUT2D eigenvalue weighted by Gasteiger charge is 2.62. The second-order valence-corrected chi connectivity index (χ2v) is 8.69. The molecule has 1 saturated carbocycles. The van der Waals surface area contributed by atoms with Gasteiger partial charge in [0.05, 0.1) is 13.2 Å². The van der Waals surface area contributed by atoms with Crippen molar-refractivity contribution in [3.05, 3.63) is 34.9 Å². The molecule has 0 unspecified atom stereocenters. The van der Waals surface area contributed by atoms with Gasteiger partial charge in [0.25, 0.3) is 5.97 Å². The van der Waals surface area contributed by atoms with Crippen LogP contribution in [0.15, 0.2) is 12.1 Å². The Bertz CT molecular complexity index is 818. The van der Waals surface area contributed by atoms with Crippen LogP contribution in [0.3, 0.4) is 0 Å². The fourth-order valence-electron chi connectivity index (χ4n) is 5.02. The first kappa shape index (κ1) is 23.7. The minimum atomic E-state index is -5.76. The van der Waals surface area contributed by atoms with E-state index < -0.39 is 41.2 Å². The van der Waals surface area contributed by atoms with Crippen LogP contribution in [-0.2, 0) is 25.1 Å². The minimum absolute atomic E-state index is 0.0986. The van der Waals surface area contributed by atoms with Gasteiger partial charge in [0.15, 0.2) is 0 Å². The zero-order valence-electron chi connectivity index (χ0n) is 17.2. The van der Waals surface area contributed by atoms with Gasteiger partial charge in [-0.25, -0.2) is 13.5 Å². The lowest BCUT2D eigenvalue weighted by molar-refractivity contribution is -0.432. The van der Waals surface area contributed by atoms with E-state index >= 15 is 0 Å². The molecule has 2 heterocycles. The first-order valence-electron chi connectivity index (χ1n) is 10.5. The van der Waals surface area contributed by atoms with Gasteiger partial charge in [-0.3, -0.25) is 0 Å². The fraction of sp³-hybridized carbons (Fsp3) is 0.714. The minimum Gasteiger partial charge on any atom is -0.324 e. The predicted molar refractivity (Wildman–Crippen MR) is 95.5 cm³/mol. The zero-order valence-corrected chi connectivity index (χ0v) is 17.2. The summed E-state index contributed by atoms with van der Waals surface area (Å²) in [4.78, 5) is 0. The maximum absolute atomic E-state index is 14.3. The molecule has 0 N–H and O–H groups in total. The van der Waals surface area contributed by atoms with Gasteiger partial charge >= 0.3 is 12.5 Å². The molecule has 0 radical (unpaired) electrons. The number of benzene rings is 1. The normalized spacial score (nSPS) is 33.1. The van der Waals surface area contributed by atoms with Gasteiger partial charge in [0.2, 0.25) is 0 Å². The van der Waals surface area contributed by atoms with Crippen molar-refractivity contribution in [3.8, 4) is 0 Å². The summed E-state index contributed by atoms with van der Waals surface area (Å²) in [5.41, 5.74) is -2.41. The molecule has 32 heavy (non-hydrogen) atoms. The van der Waals surface area contributed by atoms with Gasteiger partial charge in [0.1, 0.15) is 22.8 Å². The molecule has 1 aliphatic carbocycles. The van der Waals surface area contributed by atoms with E-state index in [0.29, 0.717) is 51.0 Å². The van der Waals surface area contributed by atoms with Crippen LogP contribution in [0.5, 0.6) is 0 Å². The Balaban J connectivity index is 1.45. The topological polar surface area (TPSA) is 36.9 Å². The van der Waals surface area contributed by atoms with E-state index in [1.807, 2.05) is 6.92 Å². The molecule has 3 fully saturated rings.